The van der Waals surface area contributed by atoms with Gasteiger partial charge in [0.15, 0.2) is 5.13 Å². The molecule has 6 heteroatoms. The van der Waals surface area contributed by atoms with Crippen LogP contribution in [0.3, 0.4) is 0 Å². The number of carbonyl (C=O) groups is 1. The predicted octanol–water partition coefficient (Wildman–Crippen LogP) is 2.17. The number of carbonyl (C=O) groups excluding carboxylic acids is 1. The van der Waals surface area contributed by atoms with Crippen LogP contribution < -0.4 is 4.90 Å². The number of ether oxygens (including phenoxy) is 1. The molecular weight excluding hydrogens is 286 g/mol. The van der Waals surface area contributed by atoms with Crippen molar-refractivity contribution in [3.63, 3.8) is 0 Å². The number of esters is 1. The summed E-state index contributed by atoms with van der Waals surface area (Å²) in [4.78, 5) is 20.7. The first kappa shape index (κ1) is 16.2. The van der Waals surface area contributed by atoms with Crippen molar-refractivity contribution in [3.8, 4) is 0 Å². The third kappa shape index (κ3) is 5.28. The number of likely N-dealkylation sites (N-methyl/N-ethyl adjacent to an activating group) is 1. The number of aryl methyl sites for hydroxylation is 1. The van der Waals surface area contributed by atoms with E-state index >= 15 is 0 Å². The average Bonchev–Trinajstić information content (AvgIpc) is 3.14. The van der Waals surface area contributed by atoms with E-state index < -0.39 is 0 Å². The molecule has 0 radical (unpaired) electrons. The predicted molar refractivity (Wildman–Crippen MR) is 86.0 cm³/mol. The Bertz CT molecular complexity index is 444. The zero-order valence-corrected chi connectivity index (χ0v) is 13.8. The van der Waals surface area contributed by atoms with Crippen LogP contribution in [-0.2, 0) is 16.0 Å². The van der Waals surface area contributed by atoms with Gasteiger partial charge in [0.2, 0.25) is 0 Å². The van der Waals surface area contributed by atoms with Gasteiger partial charge in [0.1, 0.15) is 0 Å². The van der Waals surface area contributed by atoms with Crippen molar-refractivity contribution in [1.82, 2.24) is 9.88 Å². The number of anilines is 1. The van der Waals surface area contributed by atoms with E-state index in [-0.39, 0.29) is 5.97 Å². The van der Waals surface area contributed by atoms with Crippen molar-refractivity contribution >= 4 is 22.4 Å². The third-order valence-electron chi connectivity index (χ3n) is 3.71. The van der Waals surface area contributed by atoms with Gasteiger partial charge in [-0.25, -0.2) is 4.98 Å². The lowest BCUT2D eigenvalue weighted by Gasteiger charge is -2.20. The van der Waals surface area contributed by atoms with Gasteiger partial charge in [-0.05, 0) is 32.9 Å². The first-order valence-electron chi connectivity index (χ1n) is 7.72. The molecule has 21 heavy (non-hydrogen) atoms. The van der Waals surface area contributed by atoms with Gasteiger partial charge in [0.05, 0.1) is 18.7 Å². The van der Waals surface area contributed by atoms with E-state index in [4.69, 9.17) is 4.74 Å². The Morgan fingerprint density at radius 1 is 1.48 bits per heavy atom. The number of likely N-dealkylation sites (tertiary alicyclic amines) is 1. The number of hydrogen-bond acceptors (Lipinski definition) is 6. The van der Waals surface area contributed by atoms with Crippen molar-refractivity contribution in [2.24, 2.45) is 0 Å². The third-order valence-corrected chi connectivity index (χ3v) is 4.71. The second kappa shape index (κ2) is 8.34. The Hall–Kier alpha value is -1.14. The average molecular weight is 311 g/mol. The Morgan fingerprint density at radius 2 is 2.24 bits per heavy atom. The summed E-state index contributed by atoms with van der Waals surface area (Å²) in [5.41, 5.74) is 0.982. The first-order chi connectivity index (χ1) is 10.2. The van der Waals surface area contributed by atoms with Gasteiger partial charge < -0.3 is 14.5 Å². The normalized spacial score (nSPS) is 15.3. The zero-order valence-electron chi connectivity index (χ0n) is 13.0. The number of aromatic nitrogens is 1. The summed E-state index contributed by atoms with van der Waals surface area (Å²) in [6.07, 6.45) is 3.74. The summed E-state index contributed by atoms with van der Waals surface area (Å²) in [7, 11) is 2.09. The number of nitrogens with zero attached hydrogens (tertiary/aromatic N) is 3. The van der Waals surface area contributed by atoms with Gasteiger partial charge >= 0.3 is 5.97 Å². The highest BCUT2D eigenvalue weighted by Gasteiger charge is 2.13. The highest BCUT2D eigenvalue weighted by molar-refractivity contribution is 7.13. The number of hydrogen-bond donors (Lipinski definition) is 0. The molecule has 1 aromatic heterocycles. The SMILES string of the molecule is CCOC(=O)CCc1csc(N(C)CCN2CCCC2)n1. The summed E-state index contributed by atoms with van der Waals surface area (Å²) >= 11 is 1.65. The van der Waals surface area contributed by atoms with Crippen LogP contribution in [0.4, 0.5) is 5.13 Å². The van der Waals surface area contributed by atoms with Crippen molar-refractivity contribution in [3.05, 3.63) is 11.1 Å². The zero-order chi connectivity index (χ0) is 15.1. The molecule has 0 aliphatic carbocycles. The van der Waals surface area contributed by atoms with E-state index in [1.54, 1.807) is 11.3 Å². The molecule has 0 aromatic carbocycles. The van der Waals surface area contributed by atoms with E-state index in [9.17, 15) is 4.79 Å². The van der Waals surface area contributed by atoms with Crippen molar-refractivity contribution in [2.75, 3.05) is 44.7 Å². The lowest BCUT2D eigenvalue weighted by molar-refractivity contribution is -0.143. The molecular formula is C15H25N3O2S. The minimum atomic E-state index is -0.144. The van der Waals surface area contributed by atoms with Crippen LogP contribution in [0.5, 0.6) is 0 Å². The summed E-state index contributed by atoms with van der Waals surface area (Å²) in [5.74, 6) is -0.144. The Kier molecular flexibility index (Phi) is 6.45. The Labute approximate surface area is 130 Å². The minimum Gasteiger partial charge on any atom is -0.466 e. The van der Waals surface area contributed by atoms with Crippen LogP contribution >= 0.6 is 11.3 Å². The quantitative estimate of drug-likeness (QED) is 0.689. The molecule has 1 aliphatic heterocycles. The topological polar surface area (TPSA) is 45.7 Å². The van der Waals surface area contributed by atoms with Crippen LogP contribution in [0.15, 0.2) is 5.38 Å². The maximum absolute atomic E-state index is 11.3. The number of rotatable bonds is 8. The summed E-state index contributed by atoms with van der Waals surface area (Å²) in [6.45, 7) is 6.85. The van der Waals surface area contributed by atoms with Gasteiger partial charge in [-0.1, -0.05) is 0 Å². The molecule has 0 bridgehead atoms. The molecule has 2 heterocycles. The smallest absolute Gasteiger partial charge is 0.306 e. The molecule has 1 fully saturated rings. The molecule has 1 aliphatic rings. The molecule has 0 unspecified atom stereocenters. The van der Waals surface area contributed by atoms with E-state index in [1.807, 2.05) is 12.3 Å². The van der Waals surface area contributed by atoms with Crippen molar-refractivity contribution in [2.45, 2.75) is 32.6 Å². The molecule has 118 valence electrons. The lowest BCUT2D eigenvalue weighted by atomic mass is 10.2. The monoisotopic (exact) mass is 311 g/mol. The Morgan fingerprint density at radius 3 is 2.95 bits per heavy atom. The molecule has 1 saturated heterocycles. The van der Waals surface area contributed by atoms with Crippen LogP contribution in [0, 0.1) is 0 Å². The molecule has 0 atom stereocenters. The second-order valence-electron chi connectivity index (χ2n) is 5.40. The molecule has 2 rings (SSSR count). The molecule has 1 aromatic rings. The van der Waals surface area contributed by atoms with E-state index in [2.05, 4.69) is 21.8 Å². The van der Waals surface area contributed by atoms with Crippen LogP contribution in [0.25, 0.3) is 0 Å². The van der Waals surface area contributed by atoms with E-state index in [1.165, 1.54) is 25.9 Å². The number of thiazole rings is 1. The van der Waals surface area contributed by atoms with Crippen molar-refractivity contribution < 1.29 is 9.53 Å². The minimum absolute atomic E-state index is 0.144. The van der Waals surface area contributed by atoms with E-state index in [0.29, 0.717) is 19.4 Å². The lowest BCUT2D eigenvalue weighted by Crippen LogP contribution is -2.31. The largest absolute Gasteiger partial charge is 0.466 e. The summed E-state index contributed by atoms with van der Waals surface area (Å²) in [6, 6.07) is 0. The van der Waals surface area contributed by atoms with Crippen LogP contribution in [-0.4, -0.2) is 55.7 Å². The molecule has 0 N–H and O–H groups in total. The summed E-state index contributed by atoms with van der Waals surface area (Å²) < 4.78 is 4.93. The van der Waals surface area contributed by atoms with Gasteiger partial charge in [-0.2, -0.15) is 0 Å². The van der Waals surface area contributed by atoms with E-state index in [0.717, 1.165) is 23.9 Å². The Balaban J connectivity index is 1.74. The van der Waals surface area contributed by atoms with Crippen molar-refractivity contribution in [1.29, 1.82) is 0 Å². The van der Waals surface area contributed by atoms with Gasteiger partial charge in [-0.3, -0.25) is 4.79 Å². The van der Waals surface area contributed by atoms with Gasteiger partial charge in [-0.15, -0.1) is 11.3 Å². The summed E-state index contributed by atoms with van der Waals surface area (Å²) in [5, 5.41) is 3.08. The molecule has 0 spiro atoms. The standard InChI is InChI=1S/C15H25N3O2S/c1-3-20-14(19)7-6-13-12-21-15(16-13)17(2)10-11-18-8-4-5-9-18/h12H,3-11H2,1-2H3. The van der Waals surface area contributed by atoms with Crippen LogP contribution in [0.2, 0.25) is 0 Å². The van der Waals surface area contributed by atoms with Crippen LogP contribution in [0.1, 0.15) is 31.9 Å². The molecule has 5 nitrogen and oxygen atoms in total. The molecule has 0 saturated carbocycles. The maximum atomic E-state index is 11.3. The fraction of sp³-hybridized carbons (Fsp3) is 0.733. The van der Waals surface area contributed by atoms with Gasteiger partial charge in [0, 0.05) is 31.9 Å². The fourth-order valence-corrected chi connectivity index (χ4v) is 3.30. The maximum Gasteiger partial charge on any atom is 0.306 e. The molecule has 0 amide bonds. The fourth-order valence-electron chi connectivity index (χ4n) is 2.44. The highest BCUT2D eigenvalue weighted by atomic mass is 32.1. The van der Waals surface area contributed by atoms with Gasteiger partial charge in [0.25, 0.3) is 0 Å². The highest BCUT2D eigenvalue weighted by Crippen LogP contribution is 2.20. The second-order valence-corrected chi connectivity index (χ2v) is 6.23. The first-order valence-corrected chi connectivity index (χ1v) is 8.60.